The molecule has 2 rings (SSSR count). The molecule has 0 spiro atoms. The van der Waals surface area contributed by atoms with Gasteiger partial charge in [-0.15, -0.1) is 0 Å². The number of carbonyl (C=O) groups excluding carboxylic acids is 1. The van der Waals surface area contributed by atoms with Gasteiger partial charge in [-0.25, -0.2) is 18.4 Å². The predicted molar refractivity (Wildman–Crippen MR) is 96.6 cm³/mol. The summed E-state index contributed by atoms with van der Waals surface area (Å²) < 4.78 is 22.3. The molecule has 1 aliphatic rings. The van der Waals surface area contributed by atoms with Crippen molar-refractivity contribution in [2.24, 2.45) is 5.14 Å². The molecular formula is C16H26N4O4S. The molecule has 9 heteroatoms. The maximum absolute atomic E-state index is 12.0. The lowest BCUT2D eigenvalue weighted by Crippen LogP contribution is -2.46. The first kappa shape index (κ1) is 19.6. The molecule has 1 unspecified atom stereocenters. The van der Waals surface area contributed by atoms with Gasteiger partial charge in [-0.05, 0) is 37.1 Å². The molecule has 25 heavy (non-hydrogen) atoms. The zero-order valence-corrected chi connectivity index (χ0v) is 15.0. The SMILES string of the molecule is NS(=O)(=O)Cc1cccc(NC(=O)NCCN2CCCCC2CO)c1. The van der Waals surface area contributed by atoms with Crippen LogP contribution in [0.4, 0.5) is 10.5 Å². The standard InChI is InChI=1S/C16H26N4O4S/c17-25(23,24)12-13-4-3-5-14(10-13)19-16(22)18-7-9-20-8-2-1-6-15(20)11-21/h3-5,10,15,21H,1-2,6-9,11-12H2,(H2,17,23,24)(H2,18,19,22). The van der Waals surface area contributed by atoms with E-state index in [2.05, 4.69) is 15.5 Å². The molecule has 0 aromatic heterocycles. The number of hydrogen-bond acceptors (Lipinski definition) is 5. The van der Waals surface area contributed by atoms with Crippen molar-refractivity contribution in [3.05, 3.63) is 29.8 Å². The van der Waals surface area contributed by atoms with E-state index in [9.17, 15) is 18.3 Å². The van der Waals surface area contributed by atoms with Crippen LogP contribution in [0.15, 0.2) is 24.3 Å². The number of hydrogen-bond donors (Lipinski definition) is 4. The summed E-state index contributed by atoms with van der Waals surface area (Å²) in [6.07, 6.45) is 3.23. The number of anilines is 1. The molecule has 1 atom stereocenters. The van der Waals surface area contributed by atoms with Gasteiger partial charge >= 0.3 is 6.03 Å². The summed E-state index contributed by atoms with van der Waals surface area (Å²) in [5, 5.41) is 19.9. The summed E-state index contributed by atoms with van der Waals surface area (Å²) in [4.78, 5) is 14.2. The third kappa shape index (κ3) is 6.99. The molecule has 140 valence electrons. The van der Waals surface area contributed by atoms with Crippen LogP contribution in [0.2, 0.25) is 0 Å². The molecule has 1 aliphatic heterocycles. The van der Waals surface area contributed by atoms with E-state index in [-0.39, 0.29) is 24.4 Å². The van der Waals surface area contributed by atoms with Gasteiger partial charge in [-0.2, -0.15) is 0 Å². The van der Waals surface area contributed by atoms with Crippen LogP contribution in [0.1, 0.15) is 24.8 Å². The lowest BCUT2D eigenvalue weighted by molar-refractivity contribution is 0.0917. The normalized spacial score (nSPS) is 18.7. The van der Waals surface area contributed by atoms with Crippen LogP contribution < -0.4 is 15.8 Å². The number of rotatable bonds is 7. The van der Waals surface area contributed by atoms with Crippen LogP contribution in [0.25, 0.3) is 0 Å². The molecule has 1 heterocycles. The second kappa shape index (κ2) is 9.14. The highest BCUT2D eigenvalue weighted by Gasteiger charge is 2.21. The van der Waals surface area contributed by atoms with E-state index in [1.165, 1.54) is 0 Å². The van der Waals surface area contributed by atoms with Crippen LogP contribution in [0.3, 0.4) is 0 Å². The third-order valence-electron chi connectivity index (χ3n) is 4.20. The van der Waals surface area contributed by atoms with Crippen LogP contribution in [0.5, 0.6) is 0 Å². The fourth-order valence-electron chi connectivity index (χ4n) is 3.02. The Kier molecular flexibility index (Phi) is 7.18. The quantitative estimate of drug-likeness (QED) is 0.554. The van der Waals surface area contributed by atoms with Gasteiger partial charge in [0, 0.05) is 24.8 Å². The van der Waals surface area contributed by atoms with Gasteiger partial charge < -0.3 is 15.7 Å². The Morgan fingerprint density at radius 3 is 2.88 bits per heavy atom. The first-order valence-electron chi connectivity index (χ1n) is 8.36. The number of piperidine rings is 1. The first-order chi connectivity index (χ1) is 11.9. The van der Waals surface area contributed by atoms with Gasteiger partial charge in [0.2, 0.25) is 10.0 Å². The Hall–Kier alpha value is -1.68. The Morgan fingerprint density at radius 1 is 1.36 bits per heavy atom. The highest BCUT2D eigenvalue weighted by molar-refractivity contribution is 7.88. The van der Waals surface area contributed by atoms with Crippen LogP contribution in [0, 0.1) is 0 Å². The smallest absolute Gasteiger partial charge is 0.319 e. The minimum Gasteiger partial charge on any atom is -0.395 e. The van der Waals surface area contributed by atoms with Gasteiger partial charge in [-0.1, -0.05) is 18.6 Å². The number of urea groups is 1. The fourth-order valence-corrected chi connectivity index (χ4v) is 3.66. The Bertz CT molecular complexity index is 680. The molecule has 0 bridgehead atoms. The molecular weight excluding hydrogens is 344 g/mol. The van der Waals surface area contributed by atoms with E-state index in [1.54, 1.807) is 24.3 Å². The van der Waals surface area contributed by atoms with Crippen molar-refractivity contribution in [3.8, 4) is 0 Å². The molecule has 1 saturated heterocycles. The molecule has 0 aliphatic carbocycles. The molecule has 0 radical (unpaired) electrons. The number of benzene rings is 1. The van der Waals surface area contributed by atoms with Gasteiger partial charge in [-0.3, -0.25) is 4.90 Å². The maximum atomic E-state index is 12.0. The van der Waals surface area contributed by atoms with Gasteiger partial charge in [0.15, 0.2) is 0 Å². The number of sulfonamides is 1. The molecule has 1 aromatic rings. The zero-order chi connectivity index (χ0) is 18.3. The van der Waals surface area contributed by atoms with Gasteiger partial charge in [0.1, 0.15) is 0 Å². The van der Waals surface area contributed by atoms with Gasteiger partial charge in [0.25, 0.3) is 0 Å². The summed E-state index contributed by atoms with van der Waals surface area (Å²) in [5.74, 6) is -0.276. The zero-order valence-electron chi connectivity index (χ0n) is 14.1. The van der Waals surface area contributed by atoms with E-state index in [0.717, 1.165) is 25.8 Å². The van der Waals surface area contributed by atoms with Crippen LogP contribution >= 0.6 is 0 Å². The number of nitrogens with two attached hydrogens (primary N) is 1. The van der Waals surface area contributed by atoms with Gasteiger partial charge in [0.05, 0.1) is 12.4 Å². The van der Waals surface area contributed by atoms with Crippen molar-refractivity contribution in [3.63, 3.8) is 0 Å². The summed E-state index contributed by atoms with van der Waals surface area (Å²) in [6, 6.07) is 6.38. The van der Waals surface area contributed by atoms with Crippen molar-refractivity contribution in [2.45, 2.75) is 31.1 Å². The third-order valence-corrected chi connectivity index (χ3v) is 4.93. The molecule has 2 amide bonds. The highest BCUT2D eigenvalue weighted by Crippen LogP contribution is 2.15. The number of nitrogens with zero attached hydrogens (tertiary/aromatic N) is 1. The van der Waals surface area contributed by atoms with Crippen molar-refractivity contribution in [2.75, 3.05) is 31.6 Å². The largest absolute Gasteiger partial charge is 0.395 e. The molecule has 5 N–H and O–H groups in total. The van der Waals surface area contributed by atoms with Crippen LogP contribution in [-0.2, 0) is 15.8 Å². The van der Waals surface area contributed by atoms with E-state index in [4.69, 9.17) is 5.14 Å². The van der Waals surface area contributed by atoms with E-state index >= 15 is 0 Å². The number of carbonyl (C=O) groups is 1. The highest BCUT2D eigenvalue weighted by atomic mass is 32.2. The van der Waals surface area contributed by atoms with E-state index < -0.39 is 10.0 Å². The summed E-state index contributed by atoms with van der Waals surface area (Å²) in [7, 11) is -3.61. The number of amides is 2. The first-order valence-corrected chi connectivity index (χ1v) is 10.1. The number of nitrogens with one attached hydrogen (secondary N) is 2. The number of aliphatic hydroxyl groups excluding tert-OH is 1. The molecule has 1 fully saturated rings. The van der Waals surface area contributed by atoms with Crippen molar-refractivity contribution >= 4 is 21.7 Å². The second-order valence-electron chi connectivity index (χ2n) is 6.26. The van der Waals surface area contributed by atoms with E-state index in [0.29, 0.717) is 24.3 Å². The van der Waals surface area contributed by atoms with Crippen molar-refractivity contribution in [1.82, 2.24) is 10.2 Å². The van der Waals surface area contributed by atoms with Crippen molar-refractivity contribution in [1.29, 1.82) is 0 Å². The molecule has 1 aromatic carbocycles. The Morgan fingerprint density at radius 2 is 2.16 bits per heavy atom. The Balaban J connectivity index is 1.79. The second-order valence-corrected chi connectivity index (χ2v) is 7.87. The lowest BCUT2D eigenvalue weighted by Gasteiger charge is -2.34. The lowest BCUT2D eigenvalue weighted by atomic mass is 10.0. The van der Waals surface area contributed by atoms with Crippen LogP contribution in [-0.4, -0.2) is 56.7 Å². The summed E-state index contributed by atoms with van der Waals surface area (Å²) in [6.45, 7) is 2.23. The van der Waals surface area contributed by atoms with Crippen molar-refractivity contribution < 1.29 is 18.3 Å². The average molecular weight is 370 g/mol. The summed E-state index contributed by atoms with van der Waals surface area (Å²) in [5.41, 5.74) is 1.02. The molecule has 8 nitrogen and oxygen atoms in total. The fraction of sp³-hybridized carbons (Fsp3) is 0.562. The number of aliphatic hydroxyl groups is 1. The monoisotopic (exact) mass is 370 g/mol. The number of likely N-dealkylation sites (tertiary alicyclic amines) is 1. The predicted octanol–water partition coefficient (Wildman–Crippen LogP) is 0.443. The topological polar surface area (TPSA) is 125 Å². The maximum Gasteiger partial charge on any atom is 0.319 e. The number of primary sulfonamides is 1. The summed E-state index contributed by atoms with van der Waals surface area (Å²) >= 11 is 0. The molecule has 0 saturated carbocycles. The van der Waals surface area contributed by atoms with E-state index in [1.807, 2.05) is 0 Å². The minimum atomic E-state index is -3.61. The minimum absolute atomic E-state index is 0.142. The average Bonchev–Trinajstić information content (AvgIpc) is 2.54. The Labute approximate surface area is 148 Å².